The van der Waals surface area contributed by atoms with Crippen LogP contribution in [0.4, 0.5) is 0 Å². The lowest BCUT2D eigenvalue weighted by Gasteiger charge is -2.10. The Labute approximate surface area is 122 Å². The zero-order valence-electron chi connectivity index (χ0n) is 11.7. The number of hydrogen-bond acceptors (Lipinski definition) is 4. The first-order chi connectivity index (χ1) is 10.2. The summed E-state index contributed by atoms with van der Waals surface area (Å²) in [5, 5.41) is 6.21. The highest BCUT2D eigenvalue weighted by molar-refractivity contribution is 5.78. The van der Waals surface area contributed by atoms with Crippen molar-refractivity contribution in [3.8, 4) is 0 Å². The summed E-state index contributed by atoms with van der Waals surface area (Å²) < 4.78 is 1.53. The van der Waals surface area contributed by atoms with Crippen LogP contribution < -0.4 is 16.2 Å². The molecule has 1 aliphatic heterocycles. The van der Waals surface area contributed by atoms with Crippen LogP contribution in [0.25, 0.3) is 5.65 Å². The van der Waals surface area contributed by atoms with Gasteiger partial charge in [-0.25, -0.2) is 4.98 Å². The predicted octanol–water partition coefficient (Wildman–Crippen LogP) is 0.453. The SMILES string of the molecule is O=C1CC[C@@H](CCNCc2cc(=O)n3ccccc3n2)N1. The molecule has 1 amide bonds. The van der Waals surface area contributed by atoms with Gasteiger partial charge in [0.2, 0.25) is 5.91 Å². The maximum atomic E-state index is 11.9. The second-order valence-corrected chi connectivity index (χ2v) is 5.28. The van der Waals surface area contributed by atoms with Gasteiger partial charge in [0.25, 0.3) is 5.56 Å². The van der Waals surface area contributed by atoms with Gasteiger partial charge in [-0.15, -0.1) is 0 Å². The lowest BCUT2D eigenvalue weighted by Crippen LogP contribution is -2.29. The Kier molecular flexibility index (Phi) is 3.96. The van der Waals surface area contributed by atoms with Gasteiger partial charge in [-0.3, -0.25) is 14.0 Å². The first-order valence-corrected chi connectivity index (χ1v) is 7.20. The minimum Gasteiger partial charge on any atom is -0.353 e. The predicted molar refractivity (Wildman–Crippen MR) is 79.0 cm³/mol. The van der Waals surface area contributed by atoms with E-state index in [9.17, 15) is 9.59 Å². The fourth-order valence-electron chi connectivity index (χ4n) is 2.58. The van der Waals surface area contributed by atoms with Gasteiger partial charge in [0.1, 0.15) is 5.65 Å². The number of nitrogens with one attached hydrogen (secondary N) is 2. The normalized spacial score (nSPS) is 18.1. The highest BCUT2D eigenvalue weighted by atomic mass is 16.2. The summed E-state index contributed by atoms with van der Waals surface area (Å²) in [6.45, 7) is 1.35. The van der Waals surface area contributed by atoms with E-state index in [1.54, 1.807) is 12.3 Å². The zero-order chi connectivity index (χ0) is 14.7. The molecule has 0 aromatic carbocycles. The van der Waals surface area contributed by atoms with E-state index in [0.29, 0.717) is 18.6 Å². The summed E-state index contributed by atoms with van der Waals surface area (Å²) in [7, 11) is 0. The maximum absolute atomic E-state index is 11.9. The molecule has 2 aromatic rings. The monoisotopic (exact) mass is 286 g/mol. The molecular formula is C15H18N4O2. The third-order valence-corrected chi connectivity index (χ3v) is 3.68. The first-order valence-electron chi connectivity index (χ1n) is 7.20. The van der Waals surface area contributed by atoms with Crippen LogP contribution in [0.2, 0.25) is 0 Å². The van der Waals surface area contributed by atoms with E-state index < -0.39 is 0 Å². The van der Waals surface area contributed by atoms with Crippen molar-refractivity contribution in [3.63, 3.8) is 0 Å². The number of carbonyl (C=O) groups is 1. The van der Waals surface area contributed by atoms with Gasteiger partial charge in [-0.2, -0.15) is 0 Å². The molecule has 21 heavy (non-hydrogen) atoms. The van der Waals surface area contributed by atoms with Gasteiger partial charge < -0.3 is 10.6 Å². The minimum absolute atomic E-state index is 0.0690. The molecule has 6 heteroatoms. The number of carbonyl (C=O) groups excluding carboxylic acids is 1. The molecule has 3 rings (SSSR count). The van der Waals surface area contributed by atoms with Gasteiger partial charge in [0.05, 0.1) is 5.69 Å². The third kappa shape index (κ3) is 3.28. The molecule has 1 fully saturated rings. The van der Waals surface area contributed by atoms with E-state index >= 15 is 0 Å². The number of hydrogen-bond donors (Lipinski definition) is 2. The molecule has 110 valence electrons. The number of fused-ring (bicyclic) bond motifs is 1. The van der Waals surface area contributed by atoms with Crippen LogP contribution in [-0.4, -0.2) is 27.9 Å². The molecule has 0 bridgehead atoms. The fourth-order valence-corrected chi connectivity index (χ4v) is 2.58. The van der Waals surface area contributed by atoms with Crippen molar-refractivity contribution in [2.45, 2.75) is 31.8 Å². The van der Waals surface area contributed by atoms with Crippen LogP contribution in [0.3, 0.4) is 0 Å². The van der Waals surface area contributed by atoms with E-state index in [4.69, 9.17) is 0 Å². The van der Waals surface area contributed by atoms with E-state index in [1.807, 2.05) is 18.2 Å². The van der Waals surface area contributed by atoms with Gasteiger partial charge in [0, 0.05) is 31.3 Å². The van der Waals surface area contributed by atoms with Crippen molar-refractivity contribution >= 4 is 11.6 Å². The molecule has 0 unspecified atom stereocenters. The summed E-state index contributed by atoms with van der Waals surface area (Å²) >= 11 is 0. The van der Waals surface area contributed by atoms with Crippen molar-refractivity contribution in [2.75, 3.05) is 6.54 Å². The van der Waals surface area contributed by atoms with Crippen molar-refractivity contribution in [2.24, 2.45) is 0 Å². The molecule has 1 atom stereocenters. The lowest BCUT2D eigenvalue weighted by atomic mass is 10.1. The number of aromatic nitrogens is 2. The Morgan fingerprint density at radius 1 is 1.38 bits per heavy atom. The van der Waals surface area contributed by atoms with Gasteiger partial charge in [0.15, 0.2) is 0 Å². The summed E-state index contributed by atoms with van der Waals surface area (Å²) in [4.78, 5) is 27.5. The Hall–Kier alpha value is -2.21. The topological polar surface area (TPSA) is 75.5 Å². The molecule has 2 N–H and O–H groups in total. The fraction of sp³-hybridized carbons (Fsp3) is 0.400. The molecule has 3 heterocycles. The Morgan fingerprint density at radius 2 is 2.29 bits per heavy atom. The van der Waals surface area contributed by atoms with Crippen LogP contribution in [0, 0.1) is 0 Å². The first kappa shape index (κ1) is 13.8. The molecule has 0 spiro atoms. The number of pyridine rings is 1. The van der Waals surface area contributed by atoms with Gasteiger partial charge in [-0.05, 0) is 31.5 Å². The van der Waals surface area contributed by atoms with Crippen LogP contribution >= 0.6 is 0 Å². The van der Waals surface area contributed by atoms with Crippen LogP contribution in [0.15, 0.2) is 35.3 Å². The highest BCUT2D eigenvalue weighted by Crippen LogP contribution is 2.09. The van der Waals surface area contributed by atoms with Crippen LogP contribution in [0.5, 0.6) is 0 Å². The van der Waals surface area contributed by atoms with Crippen molar-refractivity contribution in [3.05, 3.63) is 46.5 Å². The van der Waals surface area contributed by atoms with Gasteiger partial charge in [-0.1, -0.05) is 6.07 Å². The van der Waals surface area contributed by atoms with Crippen LogP contribution in [0.1, 0.15) is 25.0 Å². The molecule has 1 saturated heterocycles. The lowest BCUT2D eigenvalue weighted by molar-refractivity contribution is -0.119. The molecule has 1 aliphatic rings. The van der Waals surface area contributed by atoms with E-state index in [1.165, 1.54) is 4.40 Å². The average molecular weight is 286 g/mol. The Balaban J connectivity index is 1.56. The van der Waals surface area contributed by atoms with Crippen molar-refractivity contribution < 1.29 is 4.79 Å². The van der Waals surface area contributed by atoms with Crippen LogP contribution in [-0.2, 0) is 11.3 Å². The summed E-state index contributed by atoms with van der Waals surface area (Å²) in [5.74, 6) is 0.143. The third-order valence-electron chi connectivity index (χ3n) is 3.68. The summed E-state index contributed by atoms with van der Waals surface area (Å²) in [6.07, 6.45) is 4.16. The molecule has 6 nitrogen and oxygen atoms in total. The highest BCUT2D eigenvalue weighted by Gasteiger charge is 2.19. The number of amides is 1. The largest absolute Gasteiger partial charge is 0.353 e. The second-order valence-electron chi connectivity index (χ2n) is 5.28. The van der Waals surface area contributed by atoms with E-state index in [-0.39, 0.29) is 17.5 Å². The summed E-state index contributed by atoms with van der Waals surface area (Å²) in [5.41, 5.74) is 1.33. The molecule has 0 aliphatic carbocycles. The van der Waals surface area contributed by atoms with Gasteiger partial charge >= 0.3 is 0 Å². The Morgan fingerprint density at radius 3 is 3.10 bits per heavy atom. The summed E-state index contributed by atoms with van der Waals surface area (Å²) in [6, 6.07) is 7.32. The standard InChI is InChI=1S/C15H18N4O2/c20-14-5-4-11(18-14)6-7-16-10-12-9-15(21)19-8-2-1-3-13(19)17-12/h1-3,8-9,11,16H,4-7,10H2,(H,18,20)/t11-/m0/s1. The molecule has 2 aromatic heterocycles. The maximum Gasteiger partial charge on any atom is 0.258 e. The number of rotatable bonds is 5. The van der Waals surface area contributed by atoms with E-state index in [2.05, 4.69) is 15.6 Å². The zero-order valence-corrected chi connectivity index (χ0v) is 11.7. The minimum atomic E-state index is -0.0690. The molecular weight excluding hydrogens is 268 g/mol. The molecule has 0 radical (unpaired) electrons. The van der Waals surface area contributed by atoms with Crippen molar-refractivity contribution in [1.29, 1.82) is 0 Å². The van der Waals surface area contributed by atoms with E-state index in [0.717, 1.165) is 25.1 Å². The quantitative estimate of drug-likeness (QED) is 0.783. The smallest absolute Gasteiger partial charge is 0.258 e. The second kappa shape index (κ2) is 6.05. The van der Waals surface area contributed by atoms with Crippen molar-refractivity contribution in [1.82, 2.24) is 20.0 Å². The number of nitrogens with zero attached hydrogens (tertiary/aromatic N) is 2. The molecule has 0 saturated carbocycles. The average Bonchev–Trinajstić information content (AvgIpc) is 2.89. The Bertz CT molecular complexity index is 710.